The van der Waals surface area contributed by atoms with E-state index in [0.29, 0.717) is 0 Å². The van der Waals surface area contributed by atoms with Crippen LogP contribution in [0.15, 0.2) is 72.9 Å². The molecule has 4 heterocycles. The van der Waals surface area contributed by atoms with Crippen molar-refractivity contribution >= 4 is 16.6 Å². The smallest absolute Gasteiger partial charge is 0.0796 e. The molecule has 4 aromatic rings. The number of morpholine rings is 1. The van der Waals surface area contributed by atoms with E-state index in [-0.39, 0.29) is 6.10 Å². The predicted octanol–water partition coefficient (Wildman–Crippen LogP) is 4.49. The molecular formula is C29H32N4O2. The van der Waals surface area contributed by atoms with Gasteiger partial charge in [-0.05, 0) is 49.2 Å². The van der Waals surface area contributed by atoms with Gasteiger partial charge in [0.1, 0.15) is 0 Å². The molecule has 6 nitrogen and oxygen atoms in total. The largest absolute Gasteiger partial charge is 0.393 e. The molecule has 0 saturated carbocycles. The standard InChI is InChI=1S/C29H32N4O2/c34-26-11-14-32(15-12-26)23-8-6-22(7-9-23)29-27-20-25(21-31-16-18-35-19-17-31)33(28(27)10-13-30-29)24-4-2-1-3-5-24/h1-10,13,20,26,34H,11-12,14-19,21H2. The highest BCUT2D eigenvalue weighted by Crippen LogP contribution is 2.33. The molecule has 2 aromatic heterocycles. The molecule has 35 heavy (non-hydrogen) atoms. The Labute approximate surface area is 206 Å². The van der Waals surface area contributed by atoms with Gasteiger partial charge in [-0.2, -0.15) is 0 Å². The van der Waals surface area contributed by atoms with Gasteiger partial charge < -0.3 is 19.3 Å². The molecule has 0 atom stereocenters. The Morgan fingerprint density at radius 3 is 2.34 bits per heavy atom. The highest BCUT2D eigenvalue weighted by molar-refractivity contribution is 5.95. The number of hydrogen-bond donors (Lipinski definition) is 1. The van der Waals surface area contributed by atoms with Gasteiger partial charge in [0.25, 0.3) is 0 Å². The molecule has 6 heteroatoms. The van der Waals surface area contributed by atoms with Crippen LogP contribution >= 0.6 is 0 Å². The molecule has 2 aliphatic rings. The van der Waals surface area contributed by atoms with Crippen molar-refractivity contribution < 1.29 is 9.84 Å². The Bertz CT molecular complexity index is 1270. The van der Waals surface area contributed by atoms with Crippen LogP contribution < -0.4 is 4.90 Å². The Balaban J connectivity index is 1.38. The topological polar surface area (TPSA) is 53.8 Å². The number of benzene rings is 2. The maximum atomic E-state index is 9.83. The first-order valence-corrected chi connectivity index (χ1v) is 12.6. The zero-order chi connectivity index (χ0) is 23.6. The second-order valence-corrected chi connectivity index (χ2v) is 9.55. The lowest BCUT2D eigenvalue weighted by molar-refractivity contribution is 0.0335. The van der Waals surface area contributed by atoms with Gasteiger partial charge >= 0.3 is 0 Å². The number of fused-ring (bicyclic) bond motifs is 1. The van der Waals surface area contributed by atoms with Crippen molar-refractivity contribution in [2.24, 2.45) is 0 Å². The van der Waals surface area contributed by atoms with Crippen molar-refractivity contribution in [1.29, 1.82) is 0 Å². The van der Waals surface area contributed by atoms with Crippen molar-refractivity contribution in [2.45, 2.75) is 25.5 Å². The van der Waals surface area contributed by atoms with E-state index >= 15 is 0 Å². The summed E-state index contributed by atoms with van der Waals surface area (Å²) >= 11 is 0. The van der Waals surface area contributed by atoms with Gasteiger partial charge in [0.2, 0.25) is 0 Å². The summed E-state index contributed by atoms with van der Waals surface area (Å²) in [5.74, 6) is 0. The summed E-state index contributed by atoms with van der Waals surface area (Å²) in [5.41, 5.74) is 6.97. The first kappa shape index (κ1) is 22.3. The SMILES string of the molecule is OC1CCN(c2ccc(-c3nccc4c3cc(CN3CCOCC3)n4-c3ccccc3)cc2)CC1. The lowest BCUT2D eigenvalue weighted by atomic mass is 10.0. The van der Waals surface area contributed by atoms with E-state index in [1.165, 1.54) is 28.0 Å². The number of piperidine rings is 1. The number of rotatable bonds is 5. The van der Waals surface area contributed by atoms with Crippen molar-refractivity contribution in [3.05, 3.63) is 78.6 Å². The highest BCUT2D eigenvalue weighted by Gasteiger charge is 2.20. The summed E-state index contributed by atoms with van der Waals surface area (Å²) in [6.45, 7) is 6.18. The highest BCUT2D eigenvalue weighted by atomic mass is 16.5. The molecule has 0 aliphatic carbocycles. The van der Waals surface area contributed by atoms with Gasteiger partial charge in [-0.3, -0.25) is 9.88 Å². The third-order valence-corrected chi connectivity index (χ3v) is 7.28. The fourth-order valence-corrected chi connectivity index (χ4v) is 5.36. The first-order chi connectivity index (χ1) is 17.3. The van der Waals surface area contributed by atoms with Gasteiger partial charge in [0.15, 0.2) is 0 Å². The number of hydrogen-bond acceptors (Lipinski definition) is 5. The number of aliphatic hydroxyl groups excluding tert-OH is 1. The number of nitrogens with zero attached hydrogens (tertiary/aromatic N) is 4. The third kappa shape index (κ3) is 4.57. The molecular weight excluding hydrogens is 436 g/mol. The van der Waals surface area contributed by atoms with Gasteiger partial charge in [-0.25, -0.2) is 0 Å². The van der Waals surface area contributed by atoms with Crippen LogP contribution in [0.3, 0.4) is 0 Å². The lowest BCUT2D eigenvalue weighted by Crippen LogP contribution is -2.36. The van der Waals surface area contributed by atoms with Crippen LogP contribution in [0.2, 0.25) is 0 Å². The Morgan fingerprint density at radius 1 is 0.857 bits per heavy atom. The number of aliphatic hydroxyl groups is 1. The molecule has 6 rings (SSSR count). The van der Waals surface area contributed by atoms with E-state index in [1.807, 2.05) is 6.20 Å². The van der Waals surface area contributed by atoms with Gasteiger partial charge in [-0.1, -0.05) is 30.3 Å². The number of para-hydroxylation sites is 1. The van der Waals surface area contributed by atoms with E-state index in [1.54, 1.807) is 0 Å². The second kappa shape index (κ2) is 9.82. The van der Waals surface area contributed by atoms with Crippen LogP contribution in [-0.4, -0.2) is 65.1 Å². The van der Waals surface area contributed by atoms with Crippen molar-refractivity contribution in [1.82, 2.24) is 14.5 Å². The average Bonchev–Trinajstić information content (AvgIpc) is 3.28. The summed E-state index contributed by atoms with van der Waals surface area (Å²) in [6.07, 6.45) is 3.44. The Kier molecular flexibility index (Phi) is 6.25. The van der Waals surface area contributed by atoms with E-state index in [4.69, 9.17) is 9.72 Å². The summed E-state index contributed by atoms with van der Waals surface area (Å²) in [5, 5.41) is 11.0. The van der Waals surface area contributed by atoms with E-state index < -0.39 is 0 Å². The van der Waals surface area contributed by atoms with Crippen LogP contribution in [0.4, 0.5) is 5.69 Å². The van der Waals surface area contributed by atoms with Crippen molar-refractivity contribution in [3.8, 4) is 16.9 Å². The minimum absolute atomic E-state index is 0.160. The normalized spacial score (nSPS) is 17.8. The van der Waals surface area contributed by atoms with Crippen LogP contribution in [0.25, 0.3) is 27.8 Å². The van der Waals surface area contributed by atoms with E-state index in [0.717, 1.165) is 70.0 Å². The number of anilines is 1. The number of aromatic nitrogens is 2. The van der Waals surface area contributed by atoms with Crippen molar-refractivity contribution in [2.75, 3.05) is 44.3 Å². The zero-order valence-electron chi connectivity index (χ0n) is 20.0. The average molecular weight is 469 g/mol. The predicted molar refractivity (Wildman–Crippen MR) is 140 cm³/mol. The molecule has 0 radical (unpaired) electrons. The Hall–Kier alpha value is -3.19. The molecule has 2 fully saturated rings. The number of ether oxygens (including phenoxy) is 1. The van der Waals surface area contributed by atoms with Crippen LogP contribution in [0.5, 0.6) is 0 Å². The molecule has 2 saturated heterocycles. The van der Waals surface area contributed by atoms with E-state index in [2.05, 4.69) is 81.1 Å². The summed E-state index contributed by atoms with van der Waals surface area (Å²) in [6, 6.07) is 23.8. The number of pyridine rings is 1. The first-order valence-electron chi connectivity index (χ1n) is 12.6. The zero-order valence-corrected chi connectivity index (χ0v) is 20.0. The molecule has 0 bridgehead atoms. The van der Waals surface area contributed by atoms with Gasteiger partial charge in [-0.15, -0.1) is 0 Å². The van der Waals surface area contributed by atoms with Crippen molar-refractivity contribution in [3.63, 3.8) is 0 Å². The van der Waals surface area contributed by atoms with Crippen LogP contribution in [0, 0.1) is 0 Å². The third-order valence-electron chi connectivity index (χ3n) is 7.28. The molecule has 0 unspecified atom stereocenters. The molecule has 0 spiro atoms. The van der Waals surface area contributed by atoms with Crippen LogP contribution in [-0.2, 0) is 11.3 Å². The Morgan fingerprint density at radius 2 is 1.60 bits per heavy atom. The minimum Gasteiger partial charge on any atom is -0.393 e. The van der Waals surface area contributed by atoms with Gasteiger partial charge in [0, 0.05) is 66.9 Å². The maximum absolute atomic E-state index is 9.83. The summed E-state index contributed by atoms with van der Waals surface area (Å²) in [4.78, 5) is 9.66. The maximum Gasteiger partial charge on any atom is 0.0796 e. The second-order valence-electron chi connectivity index (χ2n) is 9.55. The van der Waals surface area contributed by atoms with Gasteiger partial charge in [0.05, 0.1) is 30.5 Å². The quantitative estimate of drug-likeness (QED) is 0.468. The van der Waals surface area contributed by atoms with Crippen LogP contribution in [0.1, 0.15) is 18.5 Å². The van der Waals surface area contributed by atoms with E-state index in [9.17, 15) is 5.11 Å². The monoisotopic (exact) mass is 468 g/mol. The summed E-state index contributed by atoms with van der Waals surface area (Å²) < 4.78 is 7.95. The molecule has 2 aliphatic heterocycles. The minimum atomic E-state index is -0.160. The fraction of sp³-hybridized carbons (Fsp3) is 0.345. The molecule has 0 amide bonds. The molecule has 2 aromatic carbocycles. The lowest BCUT2D eigenvalue weighted by Gasteiger charge is -2.31. The summed E-state index contributed by atoms with van der Waals surface area (Å²) in [7, 11) is 0. The molecule has 180 valence electrons. The fourth-order valence-electron chi connectivity index (χ4n) is 5.36. The molecule has 1 N–H and O–H groups in total.